The first-order chi connectivity index (χ1) is 9.02. The van der Waals surface area contributed by atoms with Crippen molar-refractivity contribution in [3.05, 3.63) is 40.4 Å². The molecule has 104 valence electrons. The van der Waals surface area contributed by atoms with Crippen LogP contribution >= 0.6 is 11.6 Å². The third kappa shape index (κ3) is 3.01. The van der Waals surface area contributed by atoms with E-state index < -0.39 is 0 Å². The quantitative estimate of drug-likeness (QED) is 0.915. The van der Waals surface area contributed by atoms with E-state index in [1.54, 1.807) is 0 Å². The fraction of sp³-hybridized carbons (Fsp3) is 0.500. The second kappa shape index (κ2) is 5.80. The number of rotatable bonds is 5. The van der Waals surface area contributed by atoms with Gasteiger partial charge in [0.2, 0.25) is 0 Å². The van der Waals surface area contributed by atoms with E-state index >= 15 is 0 Å². The predicted octanol–water partition coefficient (Wildman–Crippen LogP) is 2.60. The van der Waals surface area contributed by atoms with Crippen molar-refractivity contribution in [2.75, 3.05) is 0 Å². The van der Waals surface area contributed by atoms with Crippen molar-refractivity contribution in [2.24, 2.45) is 5.73 Å². The molecule has 0 aliphatic rings. The number of aromatic nitrogens is 3. The fourth-order valence-electron chi connectivity index (χ4n) is 2.30. The van der Waals surface area contributed by atoms with Crippen LogP contribution in [0.4, 0.5) is 0 Å². The van der Waals surface area contributed by atoms with Crippen LogP contribution in [0.1, 0.15) is 30.9 Å². The summed E-state index contributed by atoms with van der Waals surface area (Å²) in [6, 6.07) is 4.31. The highest BCUT2D eigenvalue weighted by Crippen LogP contribution is 2.22. The third-order valence-corrected chi connectivity index (χ3v) is 3.72. The summed E-state index contributed by atoms with van der Waals surface area (Å²) in [4.78, 5) is 0. The van der Waals surface area contributed by atoms with E-state index in [2.05, 4.69) is 28.9 Å². The molecule has 0 saturated heterocycles. The maximum Gasteiger partial charge on any atom is 0.0865 e. The van der Waals surface area contributed by atoms with Gasteiger partial charge in [-0.1, -0.05) is 11.6 Å². The van der Waals surface area contributed by atoms with Crippen molar-refractivity contribution in [1.29, 1.82) is 0 Å². The zero-order valence-electron chi connectivity index (χ0n) is 11.7. The maximum absolute atomic E-state index is 6.35. The van der Waals surface area contributed by atoms with Gasteiger partial charge in [-0.2, -0.15) is 5.10 Å². The molecule has 19 heavy (non-hydrogen) atoms. The lowest BCUT2D eigenvalue weighted by atomic mass is 10.2. The van der Waals surface area contributed by atoms with Crippen LogP contribution in [0.2, 0.25) is 5.02 Å². The summed E-state index contributed by atoms with van der Waals surface area (Å²) in [5.41, 5.74) is 9.06. The summed E-state index contributed by atoms with van der Waals surface area (Å²) in [7, 11) is 0. The van der Waals surface area contributed by atoms with Gasteiger partial charge in [0.1, 0.15) is 0 Å². The van der Waals surface area contributed by atoms with Crippen LogP contribution in [0.3, 0.4) is 0 Å². The minimum Gasteiger partial charge on any atom is -0.345 e. The van der Waals surface area contributed by atoms with E-state index in [-0.39, 0.29) is 6.04 Å². The molecule has 1 unspecified atom stereocenters. The average molecular weight is 281 g/mol. The summed E-state index contributed by atoms with van der Waals surface area (Å²) in [6.07, 6.45) is 2.93. The van der Waals surface area contributed by atoms with Gasteiger partial charge in [0.15, 0.2) is 0 Å². The second-order valence-corrected chi connectivity index (χ2v) is 5.35. The molecule has 0 radical (unpaired) electrons. The second-order valence-electron chi connectivity index (χ2n) is 4.97. The van der Waals surface area contributed by atoms with Crippen molar-refractivity contribution in [1.82, 2.24) is 14.3 Å². The Hall–Kier alpha value is -1.26. The number of hydrogen-bond acceptors (Lipinski definition) is 2. The average Bonchev–Trinajstić information content (AvgIpc) is 2.88. The van der Waals surface area contributed by atoms with Gasteiger partial charge >= 0.3 is 0 Å². The minimum atomic E-state index is 0.155. The Labute approximate surface area is 119 Å². The van der Waals surface area contributed by atoms with Gasteiger partial charge in [0.25, 0.3) is 0 Å². The van der Waals surface area contributed by atoms with E-state index in [0.29, 0.717) is 0 Å². The van der Waals surface area contributed by atoms with Gasteiger partial charge in [0.05, 0.1) is 23.0 Å². The SMILES string of the molecule is CCn1nc(C)c(Cl)c1Cn1cccc1CC(C)N. The van der Waals surface area contributed by atoms with Crippen LogP contribution in [0.5, 0.6) is 0 Å². The number of halogens is 1. The van der Waals surface area contributed by atoms with Gasteiger partial charge in [-0.25, -0.2) is 0 Å². The van der Waals surface area contributed by atoms with Gasteiger partial charge in [-0.15, -0.1) is 0 Å². The van der Waals surface area contributed by atoms with Crippen molar-refractivity contribution in [3.8, 4) is 0 Å². The molecule has 0 aromatic carbocycles. The van der Waals surface area contributed by atoms with Crippen LogP contribution in [0, 0.1) is 6.92 Å². The van der Waals surface area contributed by atoms with Crippen molar-refractivity contribution >= 4 is 11.6 Å². The van der Waals surface area contributed by atoms with Gasteiger partial charge in [0, 0.05) is 30.9 Å². The van der Waals surface area contributed by atoms with Crippen LogP contribution < -0.4 is 5.73 Å². The van der Waals surface area contributed by atoms with E-state index in [1.807, 2.05) is 24.6 Å². The summed E-state index contributed by atoms with van der Waals surface area (Å²) in [5.74, 6) is 0. The molecule has 0 amide bonds. The summed E-state index contributed by atoms with van der Waals surface area (Å²) < 4.78 is 4.16. The monoisotopic (exact) mass is 280 g/mol. The highest BCUT2D eigenvalue weighted by molar-refractivity contribution is 6.31. The topological polar surface area (TPSA) is 48.8 Å². The normalized spacial score (nSPS) is 12.9. The van der Waals surface area contributed by atoms with Crippen LogP contribution in [-0.2, 0) is 19.5 Å². The molecular formula is C14H21ClN4. The molecule has 2 aromatic heterocycles. The van der Waals surface area contributed by atoms with Crippen molar-refractivity contribution in [2.45, 2.75) is 46.3 Å². The first-order valence-corrected chi connectivity index (χ1v) is 7.02. The molecule has 1 atom stereocenters. The molecular weight excluding hydrogens is 260 g/mol. The fourth-order valence-corrected chi connectivity index (χ4v) is 2.50. The molecule has 2 N–H and O–H groups in total. The Balaban J connectivity index is 2.29. The summed E-state index contributed by atoms with van der Waals surface area (Å²) >= 11 is 6.35. The van der Waals surface area contributed by atoms with E-state index in [0.717, 1.165) is 35.9 Å². The lowest BCUT2D eigenvalue weighted by Gasteiger charge is -2.12. The van der Waals surface area contributed by atoms with E-state index in [9.17, 15) is 0 Å². The molecule has 0 fully saturated rings. The Bertz CT molecular complexity index is 554. The van der Waals surface area contributed by atoms with E-state index in [4.69, 9.17) is 17.3 Å². The number of aryl methyl sites for hydroxylation is 2. The Morgan fingerprint density at radius 2 is 2.21 bits per heavy atom. The molecule has 2 aromatic rings. The van der Waals surface area contributed by atoms with Crippen LogP contribution in [0.15, 0.2) is 18.3 Å². The van der Waals surface area contributed by atoms with Crippen molar-refractivity contribution < 1.29 is 0 Å². The molecule has 5 heteroatoms. The molecule has 2 heterocycles. The molecule has 2 rings (SSSR count). The van der Waals surface area contributed by atoms with Gasteiger partial charge in [-0.3, -0.25) is 4.68 Å². The molecule has 0 aliphatic heterocycles. The predicted molar refractivity (Wildman–Crippen MR) is 78.5 cm³/mol. The zero-order valence-corrected chi connectivity index (χ0v) is 12.5. The largest absolute Gasteiger partial charge is 0.345 e. The molecule has 0 bridgehead atoms. The Morgan fingerprint density at radius 1 is 1.47 bits per heavy atom. The van der Waals surface area contributed by atoms with E-state index in [1.165, 1.54) is 5.69 Å². The Morgan fingerprint density at radius 3 is 2.84 bits per heavy atom. The van der Waals surface area contributed by atoms with Crippen LogP contribution in [-0.4, -0.2) is 20.4 Å². The molecule has 0 aliphatic carbocycles. The lowest BCUT2D eigenvalue weighted by Crippen LogP contribution is -2.20. The first-order valence-electron chi connectivity index (χ1n) is 6.64. The van der Waals surface area contributed by atoms with Crippen molar-refractivity contribution in [3.63, 3.8) is 0 Å². The molecule has 0 spiro atoms. The van der Waals surface area contributed by atoms with Gasteiger partial charge < -0.3 is 10.3 Å². The highest BCUT2D eigenvalue weighted by Gasteiger charge is 2.14. The first kappa shape index (κ1) is 14.2. The summed E-state index contributed by atoms with van der Waals surface area (Å²) in [6.45, 7) is 7.60. The summed E-state index contributed by atoms with van der Waals surface area (Å²) in [5, 5.41) is 5.21. The van der Waals surface area contributed by atoms with Gasteiger partial charge in [-0.05, 0) is 32.9 Å². The number of hydrogen-bond donors (Lipinski definition) is 1. The minimum absolute atomic E-state index is 0.155. The Kier molecular flexibility index (Phi) is 4.32. The highest BCUT2D eigenvalue weighted by atomic mass is 35.5. The lowest BCUT2D eigenvalue weighted by molar-refractivity contribution is 0.584. The van der Waals surface area contributed by atoms with Crippen LogP contribution in [0.25, 0.3) is 0 Å². The maximum atomic E-state index is 6.35. The number of nitrogens with two attached hydrogens (primary N) is 1. The number of nitrogens with zero attached hydrogens (tertiary/aromatic N) is 3. The smallest absolute Gasteiger partial charge is 0.0865 e. The molecule has 4 nitrogen and oxygen atoms in total. The standard InChI is InChI=1S/C14H21ClN4/c1-4-19-13(14(15)11(3)17-19)9-18-7-5-6-12(18)8-10(2)16/h5-7,10H,4,8-9,16H2,1-3H3. The zero-order chi connectivity index (χ0) is 14.0. The third-order valence-electron chi connectivity index (χ3n) is 3.23. The molecule has 0 saturated carbocycles.